The zero-order chi connectivity index (χ0) is 15.3. The van der Waals surface area contributed by atoms with Crippen molar-refractivity contribution in [1.29, 1.82) is 0 Å². The number of carbonyl (C=O) groups excluding carboxylic acids is 2. The van der Waals surface area contributed by atoms with Crippen LogP contribution in [0.3, 0.4) is 0 Å². The van der Waals surface area contributed by atoms with E-state index in [4.69, 9.17) is 0 Å². The molecule has 0 saturated carbocycles. The van der Waals surface area contributed by atoms with Gasteiger partial charge in [0.2, 0.25) is 29.3 Å². The van der Waals surface area contributed by atoms with Gasteiger partial charge in [0.15, 0.2) is 0 Å². The van der Waals surface area contributed by atoms with E-state index in [0.29, 0.717) is 22.5 Å². The predicted molar refractivity (Wildman–Crippen MR) is 78.7 cm³/mol. The van der Waals surface area contributed by atoms with Gasteiger partial charge >= 0.3 is 0 Å². The number of hydrogen-bond acceptors (Lipinski definition) is 2. The molecule has 0 aliphatic heterocycles. The maximum Gasteiger partial charge on any atom is 0.245 e. The average molecular weight is 410 g/mol. The summed E-state index contributed by atoms with van der Waals surface area (Å²) in [6, 6.07) is 7.31. The standard InChI is InChI=1S/C17H19N2O2.HI/c1-10(2)18-9-19(11(3)4)15-14(18)16(20)12-7-5-6-8-13(12)17(15)21;/h5-11H,1-4H3;1H/q+1;/p-1. The third-order valence-electron chi connectivity index (χ3n) is 3.95. The average Bonchev–Trinajstić information content (AvgIpc) is 2.86. The number of benzene rings is 1. The SMILES string of the molecule is CC(C)n1c[n+](C(C)C)c2c1C(=O)c1ccccc1C2=O.[I-]. The molecule has 0 spiro atoms. The highest BCUT2D eigenvalue weighted by molar-refractivity contribution is 6.26. The van der Waals surface area contributed by atoms with Crippen LogP contribution in [-0.4, -0.2) is 16.1 Å². The van der Waals surface area contributed by atoms with Gasteiger partial charge in [-0.05, 0) is 27.7 Å². The molecule has 1 aliphatic rings. The van der Waals surface area contributed by atoms with Gasteiger partial charge < -0.3 is 24.0 Å². The van der Waals surface area contributed by atoms with Crippen LogP contribution in [-0.2, 0) is 0 Å². The van der Waals surface area contributed by atoms with Gasteiger partial charge in [0.05, 0.1) is 12.1 Å². The van der Waals surface area contributed by atoms with Crippen molar-refractivity contribution in [3.63, 3.8) is 0 Å². The van der Waals surface area contributed by atoms with Crippen molar-refractivity contribution in [3.8, 4) is 0 Å². The molecule has 1 aromatic carbocycles. The van der Waals surface area contributed by atoms with Crippen LogP contribution in [0.4, 0.5) is 0 Å². The number of rotatable bonds is 2. The van der Waals surface area contributed by atoms with Crippen LogP contribution in [0.2, 0.25) is 0 Å². The molecule has 22 heavy (non-hydrogen) atoms. The molecule has 0 atom stereocenters. The highest BCUT2D eigenvalue weighted by atomic mass is 127. The molecule has 2 aromatic rings. The highest BCUT2D eigenvalue weighted by Gasteiger charge is 2.41. The summed E-state index contributed by atoms with van der Waals surface area (Å²) in [5.74, 6) is -0.124. The van der Waals surface area contributed by atoms with Gasteiger partial charge in [-0.2, -0.15) is 0 Å². The molecule has 0 bridgehead atoms. The van der Waals surface area contributed by atoms with Crippen LogP contribution < -0.4 is 28.5 Å². The lowest BCUT2D eigenvalue weighted by molar-refractivity contribution is -0.717. The van der Waals surface area contributed by atoms with E-state index in [1.54, 1.807) is 24.3 Å². The number of carbonyl (C=O) groups is 2. The fraction of sp³-hybridized carbons (Fsp3) is 0.353. The number of imidazole rings is 1. The normalized spacial score (nSPS) is 13.2. The summed E-state index contributed by atoms with van der Waals surface area (Å²) in [4.78, 5) is 25.7. The Labute approximate surface area is 147 Å². The van der Waals surface area contributed by atoms with E-state index in [1.165, 1.54) is 0 Å². The summed E-state index contributed by atoms with van der Waals surface area (Å²) in [6.07, 6.45) is 1.89. The Morgan fingerprint density at radius 1 is 0.955 bits per heavy atom. The van der Waals surface area contributed by atoms with E-state index < -0.39 is 0 Å². The zero-order valence-electron chi connectivity index (χ0n) is 13.1. The monoisotopic (exact) mass is 410 g/mol. The van der Waals surface area contributed by atoms with E-state index in [1.807, 2.05) is 43.2 Å². The lowest BCUT2D eigenvalue weighted by Gasteiger charge is -2.14. The highest BCUT2D eigenvalue weighted by Crippen LogP contribution is 2.28. The van der Waals surface area contributed by atoms with E-state index >= 15 is 0 Å². The first-order valence-corrected chi connectivity index (χ1v) is 7.28. The molecular formula is C17H19IN2O2. The number of ketones is 2. The maximum atomic E-state index is 12.8. The van der Waals surface area contributed by atoms with Crippen LogP contribution in [0.25, 0.3) is 0 Å². The fourth-order valence-corrected chi connectivity index (χ4v) is 2.86. The Morgan fingerprint density at radius 2 is 1.50 bits per heavy atom. The van der Waals surface area contributed by atoms with Crippen molar-refractivity contribution in [2.75, 3.05) is 0 Å². The van der Waals surface area contributed by atoms with E-state index in [-0.39, 0.29) is 47.6 Å². The Balaban J connectivity index is 0.00000176. The third kappa shape index (κ3) is 2.31. The first-order chi connectivity index (χ1) is 9.93. The summed E-state index contributed by atoms with van der Waals surface area (Å²) >= 11 is 0. The van der Waals surface area contributed by atoms with Gasteiger partial charge in [0, 0.05) is 11.1 Å². The van der Waals surface area contributed by atoms with Gasteiger partial charge in [-0.1, -0.05) is 24.3 Å². The van der Waals surface area contributed by atoms with E-state index in [0.717, 1.165) is 0 Å². The van der Waals surface area contributed by atoms with Crippen LogP contribution in [0, 0.1) is 0 Å². The lowest BCUT2D eigenvalue weighted by atomic mass is 9.89. The number of aromatic nitrogens is 2. The molecular weight excluding hydrogens is 391 g/mol. The van der Waals surface area contributed by atoms with Crippen LogP contribution in [0.1, 0.15) is 71.9 Å². The number of hydrogen-bond donors (Lipinski definition) is 0. The Bertz CT molecular complexity index is 699. The van der Waals surface area contributed by atoms with Crippen molar-refractivity contribution in [1.82, 2.24) is 4.57 Å². The molecule has 0 saturated heterocycles. The van der Waals surface area contributed by atoms with Gasteiger partial charge in [-0.25, -0.2) is 9.13 Å². The first-order valence-electron chi connectivity index (χ1n) is 7.28. The number of nitrogens with zero attached hydrogens (tertiary/aromatic N) is 2. The number of fused-ring (bicyclic) bond motifs is 2. The smallest absolute Gasteiger partial charge is 0.245 e. The van der Waals surface area contributed by atoms with Crippen LogP contribution in [0.15, 0.2) is 30.6 Å². The molecule has 0 N–H and O–H groups in total. The molecule has 0 amide bonds. The lowest BCUT2D eigenvalue weighted by Crippen LogP contribution is -3.00. The molecule has 5 heteroatoms. The van der Waals surface area contributed by atoms with Crippen molar-refractivity contribution < 1.29 is 38.1 Å². The van der Waals surface area contributed by atoms with Gasteiger partial charge in [0.25, 0.3) is 0 Å². The van der Waals surface area contributed by atoms with Crippen molar-refractivity contribution in [2.45, 2.75) is 39.8 Å². The summed E-state index contributed by atoms with van der Waals surface area (Å²) in [5.41, 5.74) is 2.04. The van der Waals surface area contributed by atoms with Crippen molar-refractivity contribution >= 4 is 11.6 Å². The Hall–Kier alpha value is -1.50. The van der Waals surface area contributed by atoms with Crippen molar-refractivity contribution in [3.05, 3.63) is 53.1 Å². The van der Waals surface area contributed by atoms with E-state index in [9.17, 15) is 9.59 Å². The topological polar surface area (TPSA) is 43.0 Å². The minimum absolute atomic E-state index is 0. The largest absolute Gasteiger partial charge is 1.00 e. The van der Waals surface area contributed by atoms with Crippen LogP contribution in [0.5, 0.6) is 0 Å². The zero-order valence-corrected chi connectivity index (χ0v) is 15.3. The fourth-order valence-electron chi connectivity index (χ4n) is 2.86. The molecule has 0 radical (unpaired) electrons. The number of halogens is 1. The summed E-state index contributed by atoms with van der Waals surface area (Å²) in [6.45, 7) is 8.07. The molecule has 1 aromatic heterocycles. The molecule has 0 fully saturated rings. The second kappa shape index (κ2) is 5.95. The first kappa shape index (κ1) is 16.9. The van der Waals surface area contributed by atoms with E-state index in [2.05, 4.69) is 0 Å². The second-order valence-corrected chi connectivity index (χ2v) is 6.02. The summed E-state index contributed by atoms with van der Waals surface area (Å²) in [7, 11) is 0. The Kier molecular flexibility index (Phi) is 4.56. The maximum absolute atomic E-state index is 12.8. The third-order valence-corrected chi connectivity index (χ3v) is 3.95. The van der Waals surface area contributed by atoms with Gasteiger partial charge in [-0.15, -0.1) is 0 Å². The minimum Gasteiger partial charge on any atom is -1.00 e. The minimum atomic E-state index is -0.0618. The molecule has 116 valence electrons. The molecule has 0 unspecified atom stereocenters. The molecule has 4 nitrogen and oxygen atoms in total. The van der Waals surface area contributed by atoms with Crippen molar-refractivity contribution in [2.24, 2.45) is 0 Å². The van der Waals surface area contributed by atoms with Gasteiger partial charge in [-0.3, -0.25) is 9.59 Å². The summed E-state index contributed by atoms with van der Waals surface area (Å²) < 4.78 is 3.82. The second-order valence-electron chi connectivity index (χ2n) is 6.02. The molecule has 1 aliphatic carbocycles. The predicted octanol–water partition coefficient (Wildman–Crippen LogP) is -0.283. The van der Waals surface area contributed by atoms with Crippen LogP contribution >= 0.6 is 0 Å². The van der Waals surface area contributed by atoms with Gasteiger partial charge in [0.1, 0.15) is 0 Å². The Morgan fingerprint density at radius 3 is 2.00 bits per heavy atom. The molecule has 1 heterocycles. The summed E-state index contributed by atoms with van der Waals surface area (Å²) in [5, 5.41) is 0. The molecule has 3 rings (SSSR count). The quantitative estimate of drug-likeness (QED) is 0.431.